The van der Waals surface area contributed by atoms with E-state index in [9.17, 15) is 4.79 Å². The van der Waals surface area contributed by atoms with E-state index in [1.807, 2.05) is 41.9 Å². The highest BCUT2D eigenvalue weighted by atomic mass is 35.5. The Kier molecular flexibility index (Phi) is 7.00. The zero-order chi connectivity index (χ0) is 20.8. The summed E-state index contributed by atoms with van der Waals surface area (Å²) >= 11 is 7.41. The van der Waals surface area contributed by atoms with Crippen LogP contribution in [0.25, 0.3) is 0 Å². The topological polar surface area (TPSA) is 78.3 Å². The molecule has 0 aliphatic rings. The standard InChI is InChI=1S/C20H21ClN4O3S/c1-25-18(9-13-7-5-4-6-8-13)23-24-20(25)29-12-19(26)22-15-11-16(27-2)14(21)10-17(15)28-3/h4-8,10-11H,9,12H2,1-3H3,(H,22,26). The Labute approximate surface area is 178 Å². The Morgan fingerprint density at radius 1 is 1.14 bits per heavy atom. The molecule has 9 heteroatoms. The van der Waals surface area contributed by atoms with E-state index < -0.39 is 0 Å². The zero-order valence-corrected chi connectivity index (χ0v) is 17.9. The number of nitrogens with zero attached hydrogens (tertiary/aromatic N) is 3. The number of aromatic nitrogens is 3. The molecule has 1 aromatic heterocycles. The second kappa shape index (κ2) is 9.67. The fraction of sp³-hybridized carbons (Fsp3) is 0.250. The van der Waals surface area contributed by atoms with Crippen LogP contribution in [-0.4, -0.2) is 40.6 Å². The average Bonchev–Trinajstić information content (AvgIpc) is 3.07. The number of ether oxygens (including phenoxy) is 2. The van der Waals surface area contributed by atoms with Crippen molar-refractivity contribution >= 4 is 35.0 Å². The molecule has 0 saturated carbocycles. The van der Waals surface area contributed by atoms with Gasteiger partial charge < -0.3 is 19.4 Å². The quantitative estimate of drug-likeness (QED) is 0.545. The highest BCUT2D eigenvalue weighted by Gasteiger charge is 2.15. The maximum Gasteiger partial charge on any atom is 0.234 e. The third kappa shape index (κ3) is 5.21. The smallest absolute Gasteiger partial charge is 0.234 e. The molecule has 0 aliphatic heterocycles. The Bertz CT molecular complexity index is 995. The summed E-state index contributed by atoms with van der Waals surface area (Å²) in [5.41, 5.74) is 1.64. The third-order valence-electron chi connectivity index (χ3n) is 4.21. The Hall–Kier alpha value is -2.71. The van der Waals surface area contributed by atoms with Gasteiger partial charge in [-0.1, -0.05) is 53.7 Å². The molecular weight excluding hydrogens is 412 g/mol. The van der Waals surface area contributed by atoms with Gasteiger partial charge in [0.1, 0.15) is 17.3 Å². The SMILES string of the molecule is COc1cc(NC(=O)CSc2nnc(Cc3ccccc3)n2C)c(OC)cc1Cl. The van der Waals surface area contributed by atoms with E-state index in [4.69, 9.17) is 21.1 Å². The third-order valence-corrected chi connectivity index (χ3v) is 5.53. The van der Waals surface area contributed by atoms with E-state index in [2.05, 4.69) is 15.5 Å². The summed E-state index contributed by atoms with van der Waals surface area (Å²) in [6, 6.07) is 13.3. The van der Waals surface area contributed by atoms with Crippen molar-refractivity contribution in [2.75, 3.05) is 25.3 Å². The highest BCUT2D eigenvalue weighted by Crippen LogP contribution is 2.36. The summed E-state index contributed by atoms with van der Waals surface area (Å²) in [6.45, 7) is 0. The number of amides is 1. The molecule has 0 bridgehead atoms. The molecule has 152 valence electrons. The van der Waals surface area contributed by atoms with Crippen molar-refractivity contribution in [1.29, 1.82) is 0 Å². The molecule has 0 fully saturated rings. The average molecular weight is 433 g/mol. The summed E-state index contributed by atoms with van der Waals surface area (Å²) in [7, 11) is 4.91. The van der Waals surface area contributed by atoms with Crippen molar-refractivity contribution in [3.8, 4) is 11.5 Å². The number of halogens is 1. The van der Waals surface area contributed by atoms with Crippen LogP contribution < -0.4 is 14.8 Å². The van der Waals surface area contributed by atoms with Crippen molar-refractivity contribution in [2.45, 2.75) is 11.6 Å². The molecule has 0 aliphatic carbocycles. The van der Waals surface area contributed by atoms with Crippen LogP contribution in [0.5, 0.6) is 11.5 Å². The van der Waals surface area contributed by atoms with Gasteiger partial charge in [-0.05, 0) is 5.56 Å². The van der Waals surface area contributed by atoms with Gasteiger partial charge in [-0.2, -0.15) is 0 Å². The number of hydrogen-bond donors (Lipinski definition) is 1. The van der Waals surface area contributed by atoms with Crippen LogP contribution >= 0.6 is 23.4 Å². The van der Waals surface area contributed by atoms with Crippen molar-refractivity contribution in [2.24, 2.45) is 7.05 Å². The number of nitrogens with one attached hydrogen (secondary N) is 1. The van der Waals surface area contributed by atoms with Crippen molar-refractivity contribution < 1.29 is 14.3 Å². The maximum atomic E-state index is 12.4. The molecule has 0 spiro atoms. The van der Waals surface area contributed by atoms with E-state index in [-0.39, 0.29) is 11.7 Å². The van der Waals surface area contributed by atoms with E-state index in [0.717, 1.165) is 11.4 Å². The summed E-state index contributed by atoms with van der Waals surface area (Å²) in [5.74, 6) is 1.71. The molecule has 7 nitrogen and oxygen atoms in total. The van der Waals surface area contributed by atoms with E-state index in [1.165, 1.54) is 26.0 Å². The van der Waals surface area contributed by atoms with Crippen LogP contribution in [0, 0.1) is 0 Å². The van der Waals surface area contributed by atoms with Crippen LogP contribution in [0.2, 0.25) is 5.02 Å². The number of carbonyl (C=O) groups is 1. The van der Waals surface area contributed by atoms with Crippen LogP contribution in [0.15, 0.2) is 47.6 Å². The largest absolute Gasteiger partial charge is 0.495 e. The predicted molar refractivity (Wildman–Crippen MR) is 114 cm³/mol. The maximum absolute atomic E-state index is 12.4. The number of carbonyl (C=O) groups excluding carboxylic acids is 1. The first kappa shape index (κ1) is 21.0. The van der Waals surface area contributed by atoms with Crippen LogP contribution in [0.4, 0.5) is 5.69 Å². The van der Waals surface area contributed by atoms with Crippen LogP contribution in [-0.2, 0) is 18.3 Å². The van der Waals surface area contributed by atoms with Gasteiger partial charge in [0.05, 0.1) is 30.7 Å². The normalized spacial score (nSPS) is 10.6. The number of anilines is 1. The van der Waals surface area contributed by atoms with Crippen molar-refractivity contribution in [1.82, 2.24) is 14.8 Å². The molecular formula is C20H21ClN4O3S. The van der Waals surface area contributed by atoms with Crippen LogP contribution in [0.1, 0.15) is 11.4 Å². The summed E-state index contributed by atoms with van der Waals surface area (Å²) in [5, 5.41) is 12.3. The molecule has 3 rings (SSSR count). The van der Waals surface area contributed by atoms with Gasteiger partial charge in [-0.3, -0.25) is 4.79 Å². The van der Waals surface area contributed by atoms with E-state index in [0.29, 0.717) is 33.8 Å². The summed E-state index contributed by atoms with van der Waals surface area (Å²) in [6.07, 6.45) is 0.679. The molecule has 0 saturated heterocycles. The van der Waals surface area contributed by atoms with Crippen molar-refractivity contribution in [3.63, 3.8) is 0 Å². The van der Waals surface area contributed by atoms with Crippen LogP contribution in [0.3, 0.4) is 0 Å². The Morgan fingerprint density at radius 2 is 1.86 bits per heavy atom. The van der Waals surface area contributed by atoms with E-state index in [1.54, 1.807) is 12.1 Å². The minimum absolute atomic E-state index is 0.172. The fourth-order valence-electron chi connectivity index (χ4n) is 2.68. The molecule has 29 heavy (non-hydrogen) atoms. The van der Waals surface area contributed by atoms with Gasteiger partial charge in [0.2, 0.25) is 5.91 Å². The van der Waals surface area contributed by atoms with Gasteiger partial charge >= 0.3 is 0 Å². The summed E-state index contributed by atoms with van der Waals surface area (Å²) in [4.78, 5) is 12.4. The molecule has 2 aromatic carbocycles. The lowest BCUT2D eigenvalue weighted by Crippen LogP contribution is -2.15. The van der Waals surface area contributed by atoms with Gasteiger partial charge in [-0.25, -0.2) is 0 Å². The lowest BCUT2D eigenvalue weighted by Gasteiger charge is -2.13. The lowest BCUT2D eigenvalue weighted by molar-refractivity contribution is -0.113. The van der Waals surface area contributed by atoms with Gasteiger partial charge in [0.25, 0.3) is 0 Å². The predicted octanol–water partition coefficient (Wildman–Crippen LogP) is 3.81. The lowest BCUT2D eigenvalue weighted by atomic mass is 10.1. The fourth-order valence-corrected chi connectivity index (χ4v) is 3.64. The first-order valence-electron chi connectivity index (χ1n) is 8.78. The molecule has 0 unspecified atom stereocenters. The second-order valence-corrected chi connectivity index (χ2v) is 7.49. The molecule has 0 atom stereocenters. The molecule has 0 radical (unpaired) electrons. The minimum Gasteiger partial charge on any atom is -0.495 e. The summed E-state index contributed by atoms with van der Waals surface area (Å²) < 4.78 is 12.4. The number of benzene rings is 2. The van der Waals surface area contributed by atoms with Gasteiger partial charge in [0.15, 0.2) is 5.16 Å². The zero-order valence-electron chi connectivity index (χ0n) is 16.3. The van der Waals surface area contributed by atoms with Crippen molar-refractivity contribution in [3.05, 3.63) is 58.9 Å². The first-order chi connectivity index (χ1) is 14.0. The minimum atomic E-state index is -0.203. The second-order valence-electron chi connectivity index (χ2n) is 6.14. The number of methoxy groups -OCH3 is 2. The van der Waals surface area contributed by atoms with Gasteiger partial charge in [0, 0.05) is 25.6 Å². The highest BCUT2D eigenvalue weighted by molar-refractivity contribution is 7.99. The van der Waals surface area contributed by atoms with Gasteiger partial charge in [-0.15, -0.1) is 10.2 Å². The first-order valence-corrected chi connectivity index (χ1v) is 10.1. The molecule has 3 aromatic rings. The monoisotopic (exact) mass is 432 g/mol. The number of rotatable bonds is 8. The number of hydrogen-bond acceptors (Lipinski definition) is 6. The molecule has 1 heterocycles. The molecule has 1 N–H and O–H groups in total. The Balaban J connectivity index is 1.63. The molecule has 1 amide bonds. The Morgan fingerprint density at radius 3 is 2.55 bits per heavy atom. The van der Waals surface area contributed by atoms with E-state index >= 15 is 0 Å². The number of thioether (sulfide) groups is 1.